The zero-order valence-corrected chi connectivity index (χ0v) is 12.7. The highest BCUT2D eigenvalue weighted by molar-refractivity contribution is 6.38. The molecule has 2 nitrogen and oxygen atoms in total. The Balaban J connectivity index is 2.03. The average Bonchev–Trinajstić information content (AvgIpc) is 2.49. The van der Waals surface area contributed by atoms with Gasteiger partial charge in [-0.2, -0.15) is 0 Å². The lowest BCUT2D eigenvalue weighted by molar-refractivity contribution is -0.115. The molecule has 1 N–H and O–H groups in total. The van der Waals surface area contributed by atoms with Crippen LogP contribution in [-0.4, -0.2) is 11.3 Å². The van der Waals surface area contributed by atoms with Crippen LogP contribution < -0.4 is 5.32 Å². The van der Waals surface area contributed by atoms with Gasteiger partial charge in [0.15, 0.2) is 0 Å². The van der Waals surface area contributed by atoms with Crippen LogP contribution in [0.3, 0.4) is 0 Å². The molecule has 2 aromatic carbocycles. The van der Waals surface area contributed by atoms with Gasteiger partial charge >= 0.3 is 0 Å². The lowest BCUT2D eigenvalue weighted by atomic mass is 10.1. The summed E-state index contributed by atoms with van der Waals surface area (Å²) >= 11 is 18.1. The van der Waals surface area contributed by atoms with E-state index in [2.05, 4.69) is 5.32 Å². The third kappa shape index (κ3) is 3.89. The maximum absolute atomic E-state index is 12.1. The van der Waals surface area contributed by atoms with E-state index in [0.29, 0.717) is 10.7 Å². The molecule has 0 bridgehead atoms. The molecule has 0 heterocycles. The van der Waals surface area contributed by atoms with Crippen LogP contribution in [0.4, 0.5) is 5.69 Å². The molecule has 5 heteroatoms. The van der Waals surface area contributed by atoms with Crippen molar-refractivity contribution in [3.8, 4) is 0 Å². The Hall–Kier alpha value is -1.22. The van der Waals surface area contributed by atoms with E-state index in [-0.39, 0.29) is 5.91 Å². The minimum Gasteiger partial charge on any atom is -0.325 e. The van der Waals surface area contributed by atoms with Gasteiger partial charge in [-0.3, -0.25) is 4.79 Å². The molecule has 0 radical (unpaired) electrons. The third-order valence-electron chi connectivity index (χ3n) is 2.74. The van der Waals surface area contributed by atoms with Gasteiger partial charge in [-0.1, -0.05) is 41.9 Å². The van der Waals surface area contributed by atoms with E-state index in [1.807, 2.05) is 30.3 Å². The molecule has 0 spiro atoms. The lowest BCUT2D eigenvalue weighted by Crippen LogP contribution is -2.26. The SMILES string of the molecule is O=C(Nc1ccc(Cl)cc1)C(Cl)C(Cl)c1ccccc1. The summed E-state index contributed by atoms with van der Waals surface area (Å²) in [5.74, 6) is -0.349. The van der Waals surface area contributed by atoms with Crippen molar-refractivity contribution in [1.29, 1.82) is 0 Å². The number of rotatable bonds is 4. The largest absolute Gasteiger partial charge is 0.325 e. The van der Waals surface area contributed by atoms with E-state index in [1.54, 1.807) is 24.3 Å². The highest BCUT2D eigenvalue weighted by Gasteiger charge is 2.25. The van der Waals surface area contributed by atoms with Crippen LogP contribution in [0.15, 0.2) is 54.6 Å². The maximum atomic E-state index is 12.1. The van der Waals surface area contributed by atoms with Gasteiger partial charge in [0, 0.05) is 10.7 Å². The molecular formula is C15H12Cl3NO. The Morgan fingerprint density at radius 3 is 2.15 bits per heavy atom. The predicted octanol–water partition coefficient (Wildman–Crippen LogP) is 4.87. The summed E-state index contributed by atoms with van der Waals surface area (Å²) in [6.45, 7) is 0. The van der Waals surface area contributed by atoms with E-state index in [1.165, 1.54) is 0 Å². The Labute approximate surface area is 132 Å². The van der Waals surface area contributed by atoms with E-state index in [9.17, 15) is 4.79 Å². The number of amides is 1. The smallest absolute Gasteiger partial charge is 0.244 e. The van der Waals surface area contributed by atoms with Crippen molar-refractivity contribution >= 4 is 46.4 Å². The summed E-state index contributed by atoms with van der Waals surface area (Å²) in [5.41, 5.74) is 1.43. The summed E-state index contributed by atoms with van der Waals surface area (Å²) in [6, 6.07) is 16.0. The molecule has 2 aromatic rings. The number of anilines is 1. The number of halogens is 3. The molecule has 1 amide bonds. The van der Waals surface area contributed by atoms with Gasteiger partial charge < -0.3 is 5.32 Å². The fourth-order valence-corrected chi connectivity index (χ4v) is 2.27. The van der Waals surface area contributed by atoms with Crippen molar-refractivity contribution in [3.05, 3.63) is 65.2 Å². The first-order valence-electron chi connectivity index (χ1n) is 5.97. The molecule has 0 saturated carbocycles. The Kier molecular flexibility index (Phi) is 5.30. The van der Waals surface area contributed by atoms with Crippen LogP contribution in [-0.2, 0) is 4.79 Å². The fourth-order valence-electron chi connectivity index (χ4n) is 1.68. The van der Waals surface area contributed by atoms with E-state index >= 15 is 0 Å². The van der Waals surface area contributed by atoms with E-state index in [0.717, 1.165) is 5.56 Å². The fraction of sp³-hybridized carbons (Fsp3) is 0.133. The zero-order chi connectivity index (χ0) is 14.5. The Bertz CT molecular complexity index is 571. The average molecular weight is 329 g/mol. The van der Waals surface area contributed by atoms with Gasteiger partial charge in [0.05, 0.1) is 5.38 Å². The van der Waals surface area contributed by atoms with Crippen molar-refractivity contribution < 1.29 is 4.79 Å². The van der Waals surface area contributed by atoms with Gasteiger partial charge in [0.25, 0.3) is 0 Å². The number of carbonyl (C=O) groups excluding carboxylic acids is 1. The predicted molar refractivity (Wildman–Crippen MR) is 84.8 cm³/mol. The summed E-state index contributed by atoms with van der Waals surface area (Å²) < 4.78 is 0. The maximum Gasteiger partial charge on any atom is 0.244 e. The van der Waals surface area contributed by atoms with Gasteiger partial charge in [-0.25, -0.2) is 0 Å². The molecule has 2 unspecified atom stereocenters. The van der Waals surface area contributed by atoms with Crippen molar-refractivity contribution in [1.82, 2.24) is 0 Å². The highest BCUT2D eigenvalue weighted by atomic mass is 35.5. The highest BCUT2D eigenvalue weighted by Crippen LogP contribution is 2.28. The van der Waals surface area contributed by atoms with Crippen molar-refractivity contribution in [2.24, 2.45) is 0 Å². The first-order valence-corrected chi connectivity index (χ1v) is 7.22. The summed E-state index contributed by atoms with van der Waals surface area (Å²) in [6.07, 6.45) is 0. The molecular weight excluding hydrogens is 317 g/mol. The van der Waals surface area contributed by atoms with E-state index in [4.69, 9.17) is 34.8 Å². The normalized spacial score (nSPS) is 13.6. The number of hydrogen-bond donors (Lipinski definition) is 1. The molecule has 0 aromatic heterocycles. The van der Waals surface area contributed by atoms with Crippen molar-refractivity contribution in [3.63, 3.8) is 0 Å². The molecule has 0 aliphatic carbocycles. The van der Waals surface area contributed by atoms with Crippen LogP contribution in [0.2, 0.25) is 5.02 Å². The van der Waals surface area contributed by atoms with Crippen LogP contribution >= 0.6 is 34.8 Å². The summed E-state index contributed by atoms with van der Waals surface area (Å²) in [5, 5.41) is 1.85. The molecule has 2 atom stereocenters. The lowest BCUT2D eigenvalue weighted by Gasteiger charge is -2.16. The van der Waals surface area contributed by atoms with E-state index < -0.39 is 10.8 Å². The van der Waals surface area contributed by atoms with Crippen LogP contribution in [0, 0.1) is 0 Å². The first-order chi connectivity index (χ1) is 9.58. The van der Waals surface area contributed by atoms with Crippen LogP contribution in [0.1, 0.15) is 10.9 Å². The quantitative estimate of drug-likeness (QED) is 0.797. The second-order valence-electron chi connectivity index (χ2n) is 4.21. The number of nitrogens with one attached hydrogen (secondary N) is 1. The number of benzene rings is 2. The molecule has 0 fully saturated rings. The number of carbonyl (C=O) groups is 1. The van der Waals surface area contributed by atoms with Crippen molar-refractivity contribution in [2.75, 3.05) is 5.32 Å². The van der Waals surface area contributed by atoms with Gasteiger partial charge in [0.2, 0.25) is 5.91 Å². The standard InChI is InChI=1S/C15H12Cl3NO/c16-11-6-8-12(9-7-11)19-15(20)14(18)13(17)10-4-2-1-3-5-10/h1-9,13-14H,(H,19,20). The second kappa shape index (κ2) is 6.98. The van der Waals surface area contributed by atoms with Gasteiger partial charge in [-0.05, 0) is 29.8 Å². The Morgan fingerprint density at radius 1 is 0.950 bits per heavy atom. The molecule has 104 valence electrons. The van der Waals surface area contributed by atoms with Crippen molar-refractivity contribution in [2.45, 2.75) is 10.8 Å². The molecule has 20 heavy (non-hydrogen) atoms. The molecule has 0 aliphatic rings. The monoisotopic (exact) mass is 327 g/mol. The molecule has 0 aliphatic heterocycles. The van der Waals surface area contributed by atoms with Gasteiger partial charge in [0.1, 0.15) is 5.38 Å². The summed E-state index contributed by atoms with van der Waals surface area (Å²) in [4.78, 5) is 12.1. The third-order valence-corrected chi connectivity index (χ3v) is 4.07. The second-order valence-corrected chi connectivity index (χ2v) is 5.59. The van der Waals surface area contributed by atoms with Gasteiger partial charge in [-0.15, -0.1) is 23.2 Å². The zero-order valence-electron chi connectivity index (χ0n) is 10.4. The van der Waals surface area contributed by atoms with Crippen LogP contribution in [0.25, 0.3) is 0 Å². The number of hydrogen-bond acceptors (Lipinski definition) is 1. The molecule has 2 rings (SSSR count). The minimum absolute atomic E-state index is 0.349. The topological polar surface area (TPSA) is 29.1 Å². The Morgan fingerprint density at radius 2 is 1.55 bits per heavy atom. The number of alkyl halides is 2. The minimum atomic E-state index is -0.866. The first kappa shape index (κ1) is 15.2. The summed E-state index contributed by atoms with van der Waals surface area (Å²) in [7, 11) is 0. The van der Waals surface area contributed by atoms with Crippen LogP contribution in [0.5, 0.6) is 0 Å². The molecule has 0 saturated heterocycles.